The summed E-state index contributed by atoms with van der Waals surface area (Å²) >= 11 is 0. The molecule has 1 aromatic carbocycles. The fourth-order valence-electron chi connectivity index (χ4n) is 8.55. The zero-order chi connectivity index (χ0) is 25.7. The molecule has 3 saturated carbocycles. The van der Waals surface area contributed by atoms with Crippen LogP contribution in [0.5, 0.6) is 5.75 Å². The Morgan fingerprint density at radius 2 is 1.75 bits per heavy atom. The molecular weight excluding hydrogens is 452 g/mol. The van der Waals surface area contributed by atoms with Gasteiger partial charge in [0.15, 0.2) is 0 Å². The van der Waals surface area contributed by atoms with Crippen molar-refractivity contribution >= 4 is 11.9 Å². The van der Waals surface area contributed by atoms with Crippen LogP contribution in [0.2, 0.25) is 0 Å². The predicted molar refractivity (Wildman–Crippen MR) is 138 cm³/mol. The average Bonchev–Trinajstić information content (AvgIpc) is 3.21. The van der Waals surface area contributed by atoms with Crippen molar-refractivity contribution in [1.29, 1.82) is 0 Å². The van der Waals surface area contributed by atoms with E-state index in [2.05, 4.69) is 19.9 Å². The topological polar surface area (TPSA) is 61.8 Å². The van der Waals surface area contributed by atoms with Crippen LogP contribution < -0.4 is 4.74 Å². The number of benzene rings is 1. The number of hydrogen-bond acceptors (Lipinski definition) is 5. The number of ether oxygens (including phenoxy) is 3. The molecule has 0 aromatic heterocycles. The van der Waals surface area contributed by atoms with E-state index in [4.69, 9.17) is 14.2 Å². The molecular formula is C31H42O5. The molecule has 0 heterocycles. The molecule has 8 atom stereocenters. The Hall–Kier alpha value is -2.30. The van der Waals surface area contributed by atoms with E-state index in [-0.39, 0.29) is 40.9 Å². The summed E-state index contributed by atoms with van der Waals surface area (Å²) in [6.07, 6.45) is 10.6. The third kappa shape index (κ3) is 4.26. The van der Waals surface area contributed by atoms with Gasteiger partial charge in [-0.2, -0.15) is 0 Å². The Morgan fingerprint density at radius 1 is 1.00 bits per heavy atom. The second-order valence-electron chi connectivity index (χ2n) is 12.3. The number of carbonyl (C=O) groups excluding carboxylic acids is 2. The molecule has 36 heavy (non-hydrogen) atoms. The zero-order valence-corrected chi connectivity index (χ0v) is 22.5. The van der Waals surface area contributed by atoms with Crippen molar-refractivity contribution in [3.05, 3.63) is 41.5 Å². The smallest absolute Gasteiger partial charge is 0.310 e. The van der Waals surface area contributed by atoms with Crippen LogP contribution in [0.15, 0.2) is 35.9 Å². The lowest BCUT2D eigenvalue weighted by Gasteiger charge is -2.57. The molecule has 0 amide bonds. The van der Waals surface area contributed by atoms with Gasteiger partial charge in [-0.1, -0.05) is 37.6 Å². The van der Waals surface area contributed by atoms with Gasteiger partial charge in [0.05, 0.1) is 13.0 Å². The monoisotopic (exact) mass is 494 g/mol. The first kappa shape index (κ1) is 25.4. The number of carbonyl (C=O) groups is 2. The molecule has 0 unspecified atom stereocenters. The normalized spacial score (nSPS) is 38.0. The van der Waals surface area contributed by atoms with E-state index in [1.165, 1.54) is 18.9 Å². The van der Waals surface area contributed by atoms with Crippen LogP contribution in [0, 0.1) is 34.5 Å². The highest BCUT2D eigenvalue weighted by Gasteiger charge is 2.60. The average molecular weight is 495 g/mol. The minimum atomic E-state index is -0.270. The second-order valence-corrected chi connectivity index (χ2v) is 12.3. The van der Waals surface area contributed by atoms with E-state index in [0.29, 0.717) is 17.8 Å². The molecule has 0 N–H and O–H groups in total. The predicted octanol–water partition coefficient (Wildman–Crippen LogP) is 6.81. The van der Waals surface area contributed by atoms with E-state index >= 15 is 0 Å². The van der Waals surface area contributed by atoms with Crippen LogP contribution in [0.4, 0.5) is 0 Å². The van der Waals surface area contributed by atoms with Crippen LogP contribution in [0.25, 0.3) is 0 Å². The number of allylic oxidation sites excluding steroid dienone is 1. The number of esters is 2. The molecule has 4 aliphatic rings. The van der Waals surface area contributed by atoms with Gasteiger partial charge in [0.25, 0.3) is 0 Å². The SMILES string of the molecule is COc1ccc([C@@H](C)OC(=O)[C@H]2CC[C@H]3[C@@H]4CC=C5C[C@@H](OC(C)=O)CC[C@]5(C)[C@H]4CC[C@]23C)cc1. The molecule has 196 valence electrons. The zero-order valence-electron chi connectivity index (χ0n) is 22.5. The van der Waals surface area contributed by atoms with Gasteiger partial charge >= 0.3 is 11.9 Å². The number of fused-ring (bicyclic) bond motifs is 5. The third-order valence-corrected chi connectivity index (χ3v) is 10.6. The standard InChI is InChI=1S/C31H42O5/c1-19(21-6-9-23(34-5)10-7-21)35-29(33)28-13-12-26-25-11-8-22-18-24(36-20(2)32)14-16-30(22,3)27(25)15-17-31(26,28)4/h6-10,19,24-28H,11-18H2,1-5H3/t19-,24+,25+,26+,27+,28-,30+,31+/m1/s1. The van der Waals surface area contributed by atoms with Gasteiger partial charge < -0.3 is 14.2 Å². The summed E-state index contributed by atoms with van der Waals surface area (Å²) < 4.78 is 16.9. The lowest BCUT2D eigenvalue weighted by Crippen LogP contribution is -2.51. The molecule has 3 fully saturated rings. The summed E-state index contributed by atoms with van der Waals surface area (Å²) in [6.45, 7) is 8.30. The summed E-state index contributed by atoms with van der Waals surface area (Å²) in [5, 5.41) is 0. The minimum Gasteiger partial charge on any atom is -0.497 e. The van der Waals surface area contributed by atoms with Gasteiger partial charge in [-0.25, -0.2) is 0 Å². The van der Waals surface area contributed by atoms with E-state index in [9.17, 15) is 9.59 Å². The fraction of sp³-hybridized carbons (Fsp3) is 0.677. The molecule has 0 aliphatic heterocycles. The summed E-state index contributed by atoms with van der Waals surface area (Å²) in [4.78, 5) is 25.0. The Balaban J connectivity index is 1.29. The maximum Gasteiger partial charge on any atom is 0.310 e. The largest absolute Gasteiger partial charge is 0.497 e. The van der Waals surface area contributed by atoms with Crippen molar-refractivity contribution in [2.75, 3.05) is 7.11 Å². The molecule has 0 spiro atoms. The maximum atomic E-state index is 13.5. The summed E-state index contributed by atoms with van der Waals surface area (Å²) in [5.41, 5.74) is 2.71. The molecule has 1 aromatic rings. The number of methoxy groups -OCH3 is 1. The molecule has 0 bridgehead atoms. The van der Waals surface area contributed by atoms with Crippen molar-refractivity contribution < 1.29 is 23.8 Å². The van der Waals surface area contributed by atoms with E-state index in [0.717, 1.165) is 56.3 Å². The highest BCUT2D eigenvalue weighted by atomic mass is 16.5. The van der Waals surface area contributed by atoms with Crippen LogP contribution in [0.1, 0.15) is 90.7 Å². The lowest BCUT2D eigenvalue weighted by molar-refractivity contribution is -0.161. The molecule has 4 aliphatic carbocycles. The van der Waals surface area contributed by atoms with Crippen LogP contribution in [0.3, 0.4) is 0 Å². The van der Waals surface area contributed by atoms with Gasteiger partial charge in [-0.05, 0) is 98.1 Å². The Labute approximate surface area is 216 Å². The van der Waals surface area contributed by atoms with Crippen LogP contribution >= 0.6 is 0 Å². The number of rotatable bonds is 5. The maximum absolute atomic E-state index is 13.5. The van der Waals surface area contributed by atoms with Gasteiger partial charge in [-0.15, -0.1) is 0 Å². The van der Waals surface area contributed by atoms with Crippen molar-refractivity contribution in [3.63, 3.8) is 0 Å². The highest BCUT2D eigenvalue weighted by molar-refractivity contribution is 5.74. The highest BCUT2D eigenvalue weighted by Crippen LogP contribution is 2.66. The molecule has 0 radical (unpaired) electrons. The number of hydrogen-bond donors (Lipinski definition) is 0. The molecule has 5 rings (SSSR count). The fourth-order valence-corrected chi connectivity index (χ4v) is 8.55. The van der Waals surface area contributed by atoms with Crippen molar-refractivity contribution in [2.24, 2.45) is 34.5 Å². The first-order valence-corrected chi connectivity index (χ1v) is 13.9. The van der Waals surface area contributed by atoms with Crippen LogP contribution in [-0.2, 0) is 19.1 Å². The molecule has 5 heteroatoms. The summed E-state index contributed by atoms with van der Waals surface area (Å²) in [7, 11) is 1.65. The Kier molecular flexibility index (Phi) is 6.72. The molecule has 0 saturated heterocycles. The third-order valence-electron chi connectivity index (χ3n) is 10.6. The van der Waals surface area contributed by atoms with Gasteiger partial charge in [0.2, 0.25) is 0 Å². The van der Waals surface area contributed by atoms with Crippen molar-refractivity contribution in [2.45, 2.75) is 91.3 Å². The van der Waals surface area contributed by atoms with Crippen molar-refractivity contribution in [3.8, 4) is 5.75 Å². The second kappa shape index (κ2) is 9.54. The molecule has 5 nitrogen and oxygen atoms in total. The van der Waals surface area contributed by atoms with E-state index in [1.807, 2.05) is 31.2 Å². The summed E-state index contributed by atoms with van der Waals surface area (Å²) in [6, 6.07) is 7.78. The van der Waals surface area contributed by atoms with E-state index in [1.54, 1.807) is 7.11 Å². The van der Waals surface area contributed by atoms with Crippen molar-refractivity contribution in [1.82, 2.24) is 0 Å². The Morgan fingerprint density at radius 3 is 2.44 bits per heavy atom. The summed E-state index contributed by atoms with van der Waals surface area (Å²) in [5.74, 6) is 2.42. The van der Waals surface area contributed by atoms with E-state index < -0.39 is 0 Å². The first-order chi connectivity index (χ1) is 17.2. The van der Waals surface area contributed by atoms with Gasteiger partial charge in [0, 0.05) is 13.3 Å². The Bertz CT molecular complexity index is 1030. The van der Waals surface area contributed by atoms with Crippen LogP contribution in [-0.4, -0.2) is 25.2 Å². The van der Waals surface area contributed by atoms with Gasteiger partial charge in [0.1, 0.15) is 18.0 Å². The van der Waals surface area contributed by atoms with Gasteiger partial charge in [-0.3, -0.25) is 9.59 Å². The quantitative estimate of drug-likeness (QED) is 0.332. The minimum absolute atomic E-state index is 0.00846. The lowest BCUT2D eigenvalue weighted by atomic mass is 9.47. The first-order valence-electron chi connectivity index (χ1n) is 13.9.